The number of ether oxygens (including phenoxy) is 1. The van der Waals surface area contributed by atoms with Crippen LogP contribution in [0.25, 0.3) is 0 Å². The maximum atomic E-state index is 10.3. The van der Waals surface area contributed by atoms with E-state index in [1.165, 1.54) is 7.11 Å². The zero-order valence-electron chi connectivity index (χ0n) is 7.70. The molecule has 0 aliphatic rings. The molecule has 0 heterocycles. The largest absolute Gasteiger partial charge is 0.504 e. The number of rotatable bonds is 3. The van der Waals surface area contributed by atoms with E-state index in [1.807, 2.05) is 6.92 Å². The smallest absolute Gasteiger partial charge is 0.160 e. The number of carbonyl (C=O) groups is 1. The van der Waals surface area contributed by atoms with Gasteiger partial charge in [-0.1, -0.05) is 0 Å². The minimum absolute atomic E-state index is 0.106. The summed E-state index contributed by atoms with van der Waals surface area (Å²) in [6, 6.07) is 3.27. The Morgan fingerprint density at radius 3 is 2.77 bits per heavy atom. The first kappa shape index (κ1) is 9.58. The van der Waals surface area contributed by atoms with Gasteiger partial charge in [-0.05, 0) is 30.2 Å². The lowest BCUT2D eigenvalue weighted by atomic mass is 10.1. The molecule has 0 radical (unpaired) electrons. The first-order chi connectivity index (χ1) is 6.19. The second-order valence-electron chi connectivity index (χ2n) is 2.82. The summed E-state index contributed by atoms with van der Waals surface area (Å²) < 4.78 is 4.92. The second-order valence-corrected chi connectivity index (χ2v) is 2.82. The molecule has 13 heavy (non-hydrogen) atoms. The van der Waals surface area contributed by atoms with E-state index in [4.69, 9.17) is 4.74 Å². The van der Waals surface area contributed by atoms with E-state index in [0.29, 0.717) is 12.2 Å². The third-order valence-corrected chi connectivity index (χ3v) is 1.94. The molecule has 0 aromatic heterocycles. The lowest BCUT2D eigenvalue weighted by molar-refractivity contribution is -0.107. The van der Waals surface area contributed by atoms with Crippen molar-refractivity contribution < 1.29 is 14.6 Å². The Morgan fingerprint density at radius 2 is 2.23 bits per heavy atom. The minimum Gasteiger partial charge on any atom is -0.504 e. The first-order valence-electron chi connectivity index (χ1n) is 3.99. The molecule has 1 aromatic carbocycles. The van der Waals surface area contributed by atoms with Crippen molar-refractivity contribution in [3.63, 3.8) is 0 Å². The molecule has 3 heteroatoms. The third kappa shape index (κ3) is 1.99. The number of aldehydes is 1. The van der Waals surface area contributed by atoms with E-state index in [1.54, 1.807) is 12.1 Å². The van der Waals surface area contributed by atoms with Crippen LogP contribution in [-0.4, -0.2) is 18.5 Å². The van der Waals surface area contributed by atoms with Crippen LogP contribution in [0, 0.1) is 6.92 Å². The van der Waals surface area contributed by atoms with Crippen LogP contribution in [0.5, 0.6) is 11.5 Å². The van der Waals surface area contributed by atoms with Gasteiger partial charge in [0.05, 0.1) is 7.11 Å². The Bertz CT molecular complexity index is 318. The fraction of sp³-hybridized carbons (Fsp3) is 0.300. The summed E-state index contributed by atoms with van der Waals surface area (Å²) in [5.41, 5.74) is 1.77. The van der Waals surface area contributed by atoms with E-state index in [9.17, 15) is 9.90 Å². The van der Waals surface area contributed by atoms with E-state index in [-0.39, 0.29) is 5.75 Å². The van der Waals surface area contributed by atoms with E-state index < -0.39 is 0 Å². The molecule has 0 aliphatic heterocycles. The summed E-state index contributed by atoms with van der Waals surface area (Å²) in [4.78, 5) is 10.3. The van der Waals surface area contributed by atoms with Crippen molar-refractivity contribution in [2.45, 2.75) is 13.3 Å². The Balaban J connectivity index is 3.13. The van der Waals surface area contributed by atoms with Crippen molar-refractivity contribution in [2.24, 2.45) is 0 Å². The van der Waals surface area contributed by atoms with Crippen LogP contribution >= 0.6 is 0 Å². The van der Waals surface area contributed by atoms with Gasteiger partial charge in [0.25, 0.3) is 0 Å². The number of phenolic OH excluding ortho intramolecular Hbond substituents is 1. The number of aryl methyl sites for hydroxylation is 1. The fourth-order valence-electron chi connectivity index (χ4n) is 1.19. The standard InChI is InChI=1S/C10H12O3/c1-7-5-9(12)10(13-2)6-8(7)3-4-11/h4-6,12H,3H2,1-2H3. The average molecular weight is 180 g/mol. The molecular weight excluding hydrogens is 168 g/mol. The average Bonchev–Trinajstić information content (AvgIpc) is 2.10. The number of hydrogen-bond donors (Lipinski definition) is 1. The lowest BCUT2D eigenvalue weighted by Gasteiger charge is -2.07. The molecular formula is C10H12O3. The number of carbonyl (C=O) groups excluding carboxylic acids is 1. The zero-order chi connectivity index (χ0) is 9.84. The van der Waals surface area contributed by atoms with E-state index in [0.717, 1.165) is 17.4 Å². The number of hydrogen-bond acceptors (Lipinski definition) is 3. The maximum absolute atomic E-state index is 10.3. The molecule has 0 aliphatic carbocycles. The number of methoxy groups -OCH3 is 1. The highest BCUT2D eigenvalue weighted by molar-refractivity contribution is 5.58. The zero-order valence-corrected chi connectivity index (χ0v) is 7.70. The minimum atomic E-state index is 0.106. The topological polar surface area (TPSA) is 46.5 Å². The summed E-state index contributed by atoms with van der Waals surface area (Å²) in [7, 11) is 1.48. The summed E-state index contributed by atoms with van der Waals surface area (Å²) in [5, 5.41) is 9.37. The molecule has 3 nitrogen and oxygen atoms in total. The highest BCUT2D eigenvalue weighted by Crippen LogP contribution is 2.28. The Morgan fingerprint density at radius 1 is 1.54 bits per heavy atom. The van der Waals surface area contributed by atoms with Crippen molar-refractivity contribution in [2.75, 3.05) is 7.11 Å². The van der Waals surface area contributed by atoms with Gasteiger partial charge in [0, 0.05) is 6.42 Å². The van der Waals surface area contributed by atoms with Crippen LogP contribution in [-0.2, 0) is 11.2 Å². The molecule has 0 bridgehead atoms. The molecule has 0 saturated heterocycles. The van der Waals surface area contributed by atoms with Crippen LogP contribution < -0.4 is 4.74 Å². The molecule has 0 saturated carbocycles. The monoisotopic (exact) mass is 180 g/mol. The highest BCUT2D eigenvalue weighted by atomic mass is 16.5. The van der Waals surface area contributed by atoms with Crippen LogP contribution in [0.4, 0.5) is 0 Å². The summed E-state index contributed by atoms with van der Waals surface area (Å²) >= 11 is 0. The van der Waals surface area contributed by atoms with E-state index >= 15 is 0 Å². The van der Waals surface area contributed by atoms with Crippen LogP contribution in [0.15, 0.2) is 12.1 Å². The van der Waals surface area contributed by atoms with Crippen molar-refractivity contribution in [3.05, 3.63) is 23.3 Å². The number of phenols is 1. The fourth-order valence-corrected chi connectivity index (χ4v) is 1.19. The van der Waals surface area contributed by atoms with Crippen LogP contribution in [0.1, 0.15) is 11.1 Å². The van der Waals surface area contributed by atoms with Crippen LogP contribution in [0.3, 0.4) is 0 Å². The number of aromatic hydroxyl groups is 1. The molecule has 0 fully saturated rings. The predicted molar refractivity (Wildman–Crippen MR) is 49.2 cm³/mol. The van der Waals surface area contributed by atoms with Crippen LogP contribution in [0.2, 0.25) is 0 Å². The summed E-state index contributed by atoms with van der Waals surface area (Å²) in [5.74, 6) is 0.511. The molecule has 1 N–H and O–H groups in total. The molecule has 1 rings (SSSR count). The van der Waals surface area contributed by atoms with Gasteiger partial charge in [-0.3, -0.25) is 0 Å². The normalized spacial score (nSPS) is 9.69. The van der Waals surface area contributed by atoms with Crippen molar-refractivity contribution >= 4 is 6.29 Å². The Kier molecular flexibility index (Phi) is 2.90. The quantitative estimate of drug-likeness (QED) is 0.716. The first-order valence-corrected chi connectivity index (χ1v) is 3.99. The molecule has 0 spiro atoms. The van der Waals surface area contributed by atoms with Crippen molar-refractivity contribution in [3.8, 4) is 11.5 Å². The third-order valence-electron chi connectivity index (χ3n) is 1.94. The SMILES string of the molecule is COc1cc(CC=O)c(C)cc1O. The molecule has 0 unspecified atom stereocenters. The van der Waals surface area contributed by atoms with Gasteiger partial charge in [0.2, 0.25) is 0 Å². The molecule has 70 valence electrons. The summed E-state index contributed by atoms with van der Waals surface area (Å²) in [6.45, 7) is 1.85. The maximum Gasteiger partial charge on any atom is 0.160 e. The second kappa shape index (κ2) is 3.94. The van der Waals surface area contributed by atoms with Crippen molar-refractivity contribution in [1.82, 2.24) is 0 Å². The Hall–Kier alpha value is -1.51. The van der Waals surface area contributed by atoms with Gasteiger partial charge in [-0.2, -0.15) is 0 Å². The van der Waals surface area contributed by atoms with E-state index in [2.05, 4.69) is 0 Å². The molecule has 0 amide bonds. The van der Waals surface area contributed by atoms with Gasteiger partial charge in [-0.15, -0.1) is 0 Å². The van der Waals surface area contributed by atoms with Gasteiger partial charge in [0.1, 0.15) is 6.29 Å². The lowest BCUT2D eigenvalue weighted by Crippen LogP contribution is -1.93. The summed E-state index contributed by atoms with van der Waals surface area (Å²) in [6.07, 6.45) is 1.18. The van der Waals surface area contributed by atoms with Gasteiger partial charge < -0.3 is 14.6 Å². The highest BCUT2D eigenvalue weighted by Gasteiger charge is 2.05. The van der Waals surface area contributed by atoms with Crippen molar-refractivity contribution in [1.29, 1.82) is 0 Å². The number of benzene rings is 1. The van der Waals surface area contributed by atoms with Gasteiger partial charge in [0.15, 0.2) is 11.5 Å². The molecule has 0 atom stereocenters. The predicted octanol–water partition coefficient (Wildman–Crippen LogP) is 1.45. The van der Waals surface area contributed by atoms with Gasteiger partial charge in [-0.25, -0.2) is 0 Å². The molecule has 1 aromatic rings. The van der Waals surface area contributed by atoms with Gasteiger partial charge >= 0.3 is 0 Å². The Labute approximate surface area is 77.0 Å².